The van der Waals surface area contributed by atoms with Crippen LogP contribution in [0.15, 0.2) is 29.3 Å². The van der Waals surface area contributed by atoms with E-state index in [1.54, 1.807) is 14.2 Å². The highest BCUT2D eigenvalue weighted by Gasteiger charge is 2.59. The van der Waals surface area contributed by atoms with E-state index in [2.05, 4.69) is 29.5 Å². The summed E-state index contributed by atoms with van der Waals surface area (Å²) in [5.74, 6) is 1.37. The maximum atomic E-state index is 6.09. The Hall–Kier alpha value is -1.30. The topological polar surface area (TPSA) is 54.9 Å². The van der Waals surface area contributed by atoms with Crippen LogP contribution in [0, 0.1) is 11.3 Å². The van der Waals surface area contributed by atoms with Crippen LogP contribution in [0.25, 0.3) is 0 Å². The average molecular weight is 366 g/mol. The van der Waals surface area contributed by atoms with E-state index in [1.807, 2.05) is 24.3 Å². The largest absolute Gasteiger partial charge is 0.377 e. The summed E-state index contributed by atoms with van der Waals surface area (Å²) in [5.41, 5.74) is 1.16. The SMILES string of the molecule is CN=C(NCC(OC)c1cccc(Cl)c1)NC1C2CCOC2C1(C)C. The first-order valence-electron chi connectivity index (χ1n) is 8.84. The smallest absolute Gasteiger partial charge is 0.191 e. The van der Waals surface area contributed by atoms with Crippen molar-refractivity contribution in [2.75, 3.05) is 27.3 Å². The molecule has 1 aromatic carbocycles. The number of nitrogens with one attached hydrogen (secondary N) is 2. The Balaban J connectivity index is 1.59. The van der Waals surface area contributed by atoms with Gasteiger partial charge in [-0.25, -0.2) is 0 Å². The number of hydrogen-bond acceptors (Lipinski definition) is 3. The van der Waals surface area contributed by atoms with Crippen molar-refractivity contribution in [1.82, 2.24) is 10.6 Å². The van der Waals surface area contributed by atoms with E-state index < -0.39 is 0 Å². The maximum absolute atomic E-state index is 6.09. The van der Waals surface area contributed by atoms with Crippen LogP contribution in [0.1, 0.15) is 31.9 Å². The molecule has 1 aromatic rings. The predicted molar refractivity (Wildman–Crippen MR) is 101 cm³/mol. The summed E-state index contributed by atoms with van der Waals surface area (Å²) in [4.78, 5) is 4.38. The van der Waals surface area contributed by atoms with Gasteiger partial charge < -0.3 is 20.1 Å². The standard InChI is InChI=1S/C19H28ClN3O2/c1-19(2)16(14-8-9-25-17(14)19)23-18(21-3)22-11-15(24-4)12-6-5-7-13(20)10-12/h5-7,10,14-17H,8-9,11H2,1-4H3,(H2,21,22,23). The van der Waals surface area contributed by atoms with Crippen LogP contribution < -0.4 is 10.6 Å². The third kappa shape index (κ3) is 3.64. The molecule has 3 rings (SSSR count). The molecule has 5 nitrogen and oxygen atoms in total. The number of hydrogen-bond donors (Lipinski definition) is 2. The number of nitrogens with zero attached hydrogens (tertiary/aromatic N) is 1. The minimum Gasteiger partial charge on any atom is -0.377 e. The molecule has 25 heavy (non-hydrogen) atoms. The molecule has 1 saturated heterocycles. The van der Waals surface area contributed by atoms with Gasteiger partial charge in [0, 0.05) is 49.7 Å². The monoisotopic (exact) mass is 365 g/mol. The number of fused-ring (bicyclic) bond motifs is 1. The van der Waals surface area contributed by atoms with Crippen LogP contribution in [0.3, 0.4) is 0 Å². The third-order valence-electron chi connectivity index (χ3n) is 5.58. The molecule has 138 valence electrons. The zero-order chi connectivity index (χ0) is 18.0. The van der Waals surface area contributed by atoms with E-state index in [-0.39, 0.29) is 11.5 Å². The molecule has 0 spiro atoms. The Kier molecular flexibility index (Phi) is 5.56. The summed E-state index contributed by atoms with van der Waals surface area (Å²) in [6.45, 7) is 6.00. The van der Waals surface area contributed by atoms with Crippen LogP contribution in [0.2, 0.25) is 5.02 Å². The lowest BCUT2D eigenvalue weighted by Crippen LogP contribution is -2.68. The third-order valence-corrected chi connectivity index (χ3v) is 5.81. The van der Waals surface area contributed by atoms with Gasteiger partial charge in [-0.1, -0.05) is 37.6 Å². The molecule has 1 aliphatic heterocycles. The maximum Gasteiger partial charge on any atom is 0.191 e. The Morgan fingerprint density at radius 1 is 1.48 bits per heavy atom. The molecule has 2 N–H and O–H groups in total. The molecule has 0 amide bonds. The lowest BCUT2D eigenvalue weighted by molar-refractivity contribution is -0.106. The number of aliphatic imine (C=N–C) groups is 1. The van der Waals surface area contributed by atoms with E-state index in [1.165, 1.54) is 0 Å². The van der Waals surface area contributed by atoms with Crippen LogP contribution in [-0.4, -0.2) is 45.4 Å². The van der Waals surface area contributed by atoms with Gasteiger partial charge in [0.05, 0.1) is 12.2 Å². The van der Waals surface area contributed by atoms with E-state index in [9.17, 15) is 0 Å². The molecule has 2 fully saturated rings. The highest BCUT2D eigenvalue weighted by Crippen LogP contribution is 2.52. The molecule has 0 aromatic heterocycles. The summed E-state index contributed by atoms with van der Waals surface area (Å²) < 4.78 is 11.5. The summed E-state index contributed by atoms with van der Waals surface area (Å²) in [5, 5.41) is 7.68. The molecule has 6 heteroatoms. The minimum absolute atomic E-state index is 0.0887. The highest BCUT2D eigenvalue weighted by molar-refractivity contribution is 6.30. The number of rotatable bonds is 5. The van der Waals surface area contributed by atoms with E-state index >= 15 is 0 Å². The molecule has 1 heterocycles. The zero-order valence-electron chi connectivity index (χ0n) is 15.4. The summed E-state index contributed by atoms with van der Waals surface area (Å²) in [6, 6.07) is 8.13. The van der Waals surface area contributed by atoms with Crippen LogP contribution in [0.5, 0.6) is 0 Å². The molecular formula is C19H28ClN3O2. The fourth-order valence-electron chi connectivity index (χ4n) is 4.19. The zero-order valence-corrected chi connectivity index (χ0v) is 16.1. The molecule has 4 atom stereocenters. The Morgan fingerprint density at radius 2 is 2.28 bits per heavy atom. The van der Waals surface area contributed by atoms with E-state index in [0.29, 0.717) is 29.6 Å². The molecule has 1 aliphatic carbocycles. The molecule has 2 aliphatic rings. The van der Waals surface area contributed by atoms with Gasteiger partial charge in [0.2, 0.25) is 0 Å². The van der Waals surface area contributed by atoms with Crippen molar-refractivity contribution in [2.45, 2.75) is 38.5 Å². The number of benzene rings is 1. The molecule has 0 radical (unpaired) electrons. The summed E-state index contributed by atoms with van der Waals surface area (Å²) in [7, 11) is 3.50. The summed E-state index contributed by atoms with van der Waals surface area (Å²) in [6.07, 6.45) is 1.39. The Labute approximate surface area is 155 Å². The number of ether oxygens (including phenoxy) is 2. The molecule has 0 bridgehead atoms. The van der Waals surface area contributed by atoms with Gasteiger partial charge in [-0.2, -0.15) is 0 Å². The van der Waals surface area contributed by atoms with Crippen LogP contribution >= 0.6 is 11.6 Å². The molecular weight excluding hydrogens is 338 g/mol. The van der Waals surface area contributed by atoms with E-state index in [4.69, 9.17) is 21.1 Å². The van der Waals surface area contributed by atoms with Gasteiger partial charge in [-0.15, -0.1) is 0 Å². The number of guanidine groups is 1. The van der Waals surface area contributed by atoms with Gasteiger partial charge in [0.1, 0.15) is 0 Å². The first kappa shape index (κ1) is 18.5. The number of methoxy groups -OCH3 is 1. The van der Waals surface area contributed by atoms with Crippen molar-refractivity contribution in [3.8, 4) is 0 Å². The van der Waals surface area contributed by atoms with Gasteiger partial charge >= 0.3 is 0 Å². The second-order valence-electron chi connectivity index (χ2n) is 7.42. The van der Waals surface area contributed by atoms with Gasteiger partial charge in [0.15, 0.2) is 5.96 Å². The average Bonchev–Trinajstić information content (AvgIpc) is 3.05. The summed E-state index contributed by atoms with van der Waals surface area (Å²) >= 11 is 6.09. The van der Waals surface area contributed by atoms with Crippen molar-refractivity contribution >= 4 is 17.6 Å². The second-order valence-corrected chi connectivity index (χ2v) is 7.86. The van der Waals surface area contributed by atoms with Crippen molar-refractivity contribution < 1.29 is 9.47 Å². The first-order valence-corrected chi connectivity index (χ1v) is 9.22. The Morgan fingerprint density at radius 3 is 2.96 bits per heavy atom. The van der Waals surface area contributed by atoms with Gasteiger partial charge in [-0.05, 0) is 24.1 Å². The predicted octanol–water partition coefficient (Wildman–Crippen LogP) is 3.01. The molecule has 1 saturated carbocycles. The number of halogens is 1. The normalized spacial score (nSPS) is 28.8. The molecule has 4 unspecified atom stereocenters. The fraction of sp³-hybridized carbons (Fsp3) is 0.632. The Bertz CT molecular complexity index is 635. The van der Waals surface area contributed by atoms with Crippen molar-refractivity contribution in [3.63, 3.8) is 0 Å². The van der Waals surface area contributed by atoms with Gasteiger partial charge in [0.25, 0.3) is 0 Å². The van der Waals surface area contributed by atoms with Gasteiger partial charge in [-0.3, -0.25) is 4.99 Å². The lowest BCUT2D eigenvalue weighted by Gasteiger charge is -2.54. The fourth-order valence-corrected chi connectivity index (χ4v) is 4.39. The van der Waals surface area contributed by atoms with E-state index in [0.717, 1.165) is 24.6 Å². The highest BCUT2D eigenvalue weighted by atomic mass is 35.5. The lowest BCUT2D eigenvalue weighted by atomic mass is 9.57. The van der Waals surface area contributed by atoms with Crippen molar-refractivity contribution in [3.05, 3.63) is 34.9 Å². The quantitative estimate of drug-likeness (QED) is 0.622. The first-order chi connectivity index (χ1) is 12.0. The van der Waals surface area contributed by atoms with Crippen molar-refractivity contribution in [1.29, 1.82) is 0 Å². The second kappa shape index (κ2) is 7.52. The van der Waals surface area contributed by atoms with Crippen LogP contribution in [-0.2, 0) is 9.47 Å². The van der Waals surface area contributed by atoms with Crippen LogP contribution in [0.4, 0.5) is 0 Å². The van der Waals surface area contributed by atoms with Crippen molar-refractivity contribution in [2.24, 2.45) is 16.3 Å². The minimum atomic E-state index is -0.0887.